The second-order valence-corrected chi connectivity index (χ2v) is 7.54. The lowest BCUT2D eigenvalue weighted by Crippen LogP contribution is -2.30. The molecule has 6 heteroatoms. The van der Waals surface area contributed by atoms with Crippen LogP contribution in [0.3, 0.4) is 0 Å². The molecule has 2 fully saturated rings. The van der Waals surface area contributed by atoms with Gasteiger partial charge in [-0.15, -0.1) is 0 Å². The van der Waals surface area contributed by atoms with Crippen LogP contribution in [0.2, 0.25) is 0 Å². The Morgan fingerprint density at radius 3 is 2.81 bits per heavy atom. The van der Waals surface area contributed by atoms with Crippen LogP contribution in [0.4, 0.5) is 13.2 Å². The molecule has 1 aromatic rings. The Morgan fingerprint density at radius 1 is 1.30 bits per heavy atom. The van der Waals surface area contributed by atoms with Crippen molar-refractivity contribution in [3.8, 4) is 6.19 Å². The Kier molecular flexibility index (Phi) is 4.33. The van der Waals surface area contributed by atoms with Crippen LogP contribution in [0.15, 0.2) is 42.0 Å². The van der Waals surface area contributed by atoms with E-state index < -0.39 is 11.7 Å². The highest BCUT2D eigenvalue weighted by Crippen LogP contribution is 2.42. The summed E-state index contributed by atoms with van der Waals surface area (Å²) in [7, 11) is 0. The minimum Gasteiger partial charge on any atom is -0.304 e. The second kappa shape index (κ2) is 6.56. The van der Waals surface area contributed by atoms with Gasteiger partial charge in [-0.25, -0.2) is 0 Å². The van der Waals surface area contributed by atoms with Gasteiger partial charge in [-0.3, -0.25) is 4.79 Å². The van der Waals surface area contributed by atoms with E-state index in [9.17, 15) is 23.2 Å². The summed E-state index contributed by atoms with van der Waals surface area (Å²) in [5.41, 5.74) is 1.51. The summed E-state index contributed by atoms with van der Waals surface area (Å²) in [4.78, 5) is 14.5. The van der Waals surface area contributed by atoms with Gasteiger partial charge < -0.3 is 4.90 Å². The molecule has 3 atom stereocenters. The van der Waals surface area contributed by atoms with Crippen molar-refractivity contribution in [3.05, 3.63) is 53.1 Å². The third-order valence-electron chi connectivity index (χ3n) is 5.93. The molecule has 3 aliphatic rings. The van der Waals surface area contributed by atoms with Crippen LogP contribution in [-0.4, -0.2) is 22.8 Å². The smallest absolute Gasteiger partial charge is 0.304 e. The first kappa shape index (κ1) is 17.8. The topological polar surface area (TPSA) is 44.1 Å². The Balaban J connectivity index is 1.44. The number of fused-ring (bicyclic) bond motifs is 2. The first-order valence-corrected chi connectivity index (χ1v) is 9.15. The number of nitriles is 1. The number of halogens is 3. The van der Waals surface area contributed by atoms with E-state index in [1.165, 1.54) is 6.07 Å². The van der Waals surface area contributed by atoms with Gasteiger partial charge in [0.15, 0.2) is 6.19 Å². The van der Waals surface area contributed by atoms with Gasteiger partial charge in [0.1, 0.15) is 5.78 Å². The average Bonchev–Trinajstić information content (AvgIpc) is 3.35. The molecule has 2 aliphatic heterocycles. The van der Waals surface area contributed by atoms with E-state index in [4.69, 9.17) is 0 Å². The molecule has 1 aromatic carbocycles. The molecule has 0 spiro atoms. The first-order valence-electron chi connectivity index (χ1n) is 9.15. The van der Waals surface area contributed by atoms with Crippen LogP contribution >= 0.6 is 0 Å². The molecule has 1 aliphatic carbocycles. The van der Waals surface area contributed by atoms with E-state index in [1.54, 1.807) is 11.0 Å². The minimum atomic E-state index is -4.37. The SMILES string of the molecule is N#CN1C2CCC1C(C(=O)CC1=CC(c3cccc(C(F)(F)F)c3)=CC1)C2. The molecule has 3 nitrogen and oxygen atoms in total. The number of rotatable bonds is 4. The summed E-state index contributed by atoms with van der Waals surface area (Å²) < 4.78 is 38.7. The fourth-order valence-electron chi connectivity index (χ4n) is 4.62. The van der Waals surface area contributed by atoms with Crippen molar-refractivity contribution in [2.24, 2.45) is 5.92 Å². The Labute approximate surface area is 155 Å². The number of alkyl halides is 3. The maximum atomic E-state index is 12.9. The Morgan fingerprint density at radius 2 is 2.11 bits per heavy atom. The molecule has 140 valence electrons. The van der Waals surface area contributed by atoms with E-state index >= 15 is 0 Å². The molecule has 2 bridgehead atoms. The van der Waals surface area contributed by atoms with Crippen molar-refractivity contribution in [2.45, 2.75) is 50.4 Å². The lowest BCUT2D eigenvalue weighted by molar-refractivity contribution is -0.137. The van der Waals surface area contributed by atoms with Crippen LogP contribution in [0.1, 0.15) is 43.2 Å². The summed E-state index contributed by atoms with van der Waals surface area (Å²) in [5, 5.41) is 9.24. The molecular weight excluding hydrogens is 353 g/mol. The number of ketones is 1. The van der Waals surface area contributed by atoms with Crippen molar-refractivity contribution < 1.29 is 18.0 Å². The van der Waals surface area contributed by atoms with E-state index in [0.29, 0.717) is 18.4 Å². The third kappa shape index (κ3) is 3.27. The van der Waals surface area contributed by atoms with Gasteiger partial charge in [-0.05, 0) is 49.0 Å². The predicted octanol–water partition coefficient (Wildman–Crippen LogP) is 4.71. The van der Waals surface area contributed by atoms with E-state index in [1.807, 2.05) is 12.2 Å². The first-order chi connectivity index (χ1) is 12.9. The highest BCUT2D eigenvalue weighted by molar-refractivity contribution is 5.87. The lowest BCUT2D eigenvalue weighted by atomic mass is 9.84. The van der Waals surface area contributed by atoms with Crippen molar-refractivity contribution in [2.75, 3.05) is 0 Å². The monoisotopic (exact) mass is 372 g/mol. The molecule has 0 radical (unpaired) electrons. The molecule has 27 heavy (non-hydrogen) atoms. The molecule has 2 heterocycles. The van der Waals surface area contributed by atoms with Crippen LogP contribution in [0, 0.1) is 17.4 Å². The Hall–Kier alpha value is -2.55. The minimum absolute atomic E-state index is 0.0328. The maximum absolute atomic E-state index is 12.9. The quantitative estimate of drug-likeness (QED) is 0.719. The number of allylic oxidation sites excluding steroid dienone is 4. The van der Waals surface area contributed by atoms with Crippen LogP contribution < -0.4 is 0 Å². The second-order valence-electron chi connectivity index (χ2n) is 7.54. The molecule has 0 aromatic heterocycles. The third-order valence-corrected chi connectivity index (χ3v) is 5.93. The summed E-state index contributed by atoms with van der Waals surface area (Å²) >= 11 is 0. The number of carbonyl (C=O) groups is 1. The van der Waals surface area contributed by atoms with Crippen molar-refractivity contribution >= 4 is 11.4 Å². The Bertz CT molecular complexity index is 878. The zero-order valence-electron chi connectivity index (χ0n) is 14.7. The number of hydrogen-bond acceptors (Lipinski definition) is 3. The van der Waals surface area contributed by atoms with Gasteiger partial charge in [0, 0.05) is 24.4 Å². The largest absolute Gasteiger partial charge is 0.416 e. The molecule has 2 saturated heterocycles. The molecule has 3 unspecified atom stereocenters. The van der Waals surface area contributed by atoms with Crippen LogP contribution in [-0.2, 0) is 11.0 Å². The normalized spacial score (nSPS) is 26.7. The van der Waals surface area contributed by atoms with Gasteiger partial charge in [0.2, 0.25) is 0 Å². The lowest BCUT2D eigenvalue weighted by Gasteiger charge is -2.19. The van der Waals surface area contributed by atoms with Gasteiger partial charge in [-0.2, -0.15) is 18.4 Å². The number of nitrogens with zero attached hydrogens (tertiary/aromatic N) is 2. The number of benzene rings is 1. The molecule has 0 saturated carbocycles. The summed E-state index contributed by atoms with van der Waals surface area (Å²) in [5.74, 6) is 0.0503. The number of carbonyl (C=O) groups excluding carboxylic acids is 1. The zero-order valence-corrected chi connectivity index (χ0v) is 14.7. The summed E-state index contributed by atoms with van der Waals surface area (Å²) in [6, 6.07) is 5.50. The highest BCUT2D eigenvalue weighted by atomic mass is 19.4. The van der Waals surface area contributed by atoms with E-state index in [0.717, 1.165) is 42.5 Å². The van der Waals surface area contributed by atoms with Crippen molar-refractivity contribution in [3.63, 3.8) is 0 Å². The van der Waals surface area contributed by atoms with Crippen LogP contribution in [0.5, 0.6) is 0 Å². The molecule has 0 N–H and O–H groups in total. The molecule has 4 rings (SSSR count). The zero-order chi connectivity index (χ0) is 19.2. The fourth-order valence-corrected chi connectivity index (χ4v) is 4.62. The number of hydrogen-bond donors (Lipinski definition) is 0. The molecule has 0 amide bonds. The average molecular weight is 372 g/mol. The summed E-state index contributed by atoms with van der Waals surface area (Å²) in [6.45, 7) is 0. The highest BCUT2D eigenvalue weighted by Gasteiger charge is 2.48. The summed E-state index contributed by atoms with van der Waals surface area (Å²) in [6.07, 6.45) is 5.07. The van der Waals surface area contributed by atoms with Gasteiger partial charge in [0.25, 0.3) is 0 Å². The maximum Gasteiger partial charge on any atom is 0.416 e. The van der Waals surface area contributed by atoms with Gasteiger partial charge in [-0.1, -0.05) is 29.9 Å². The van der Waals surface area contributed by atoms with Gasteiger partial charge >= 0.3 is 6.18 Å². The van der Waals surface area contributed by atoms with Gasteiger partial charge in [0.05, 0.1) is 5.56 Å². The van der Waals surface area contributed by atoms with Crippen LogP contribution in [0.25, 0.3) is 5.57 Å². The predicted molar refractivity (Wildman–Crippen MR) is 94.1 cm³/mol. The van der Waals surface area contributed by atoms with E-state index in [-0.39, 0.29) is 23.8 Å². The van der Waals surface area contributed by atoms with Crippen molar-refractivity contribution in [1.82, 2.24) is 4.90 Å². The van der Waals surface area contributed by atoms with Crippen molar-refractivity contribution in [1.29, 1.82) is 5.26 Å². The molecular formula is C21H19F3N2O. The standard InChI is InChI=1S/C21H19F3N2O/c22-21(23,24)16-3-1-2-14(10-16)15-5-4-13(8-15)9-20(27)18-11-17-6-7-19(18)26(17)12-25/h1-3,5,8,10,17-19H,4,6-7,9,11H2. The number of Topliss-reactive ketones (excluding diaryl/α,β-unsaturated/α-hetero) is 1. The van der Waals surface area contributed by atoms with E-state index in [2.05, 4.69) is 6.19 Å². The fraction of sp³-hybridized carbons (Fsp3) is 0.429.